The number of amides is 2. The second kappa shape index (κ2) is 5.74. The number of carbonyl (C=O) groups is 2. The van der Waals surface area contributed by atoms with Gasteiger partial charge in [-0.15, -0.1) is 6.42 Å². The number of aliphatic hydroxyl groups excluding tert-OH is 1. The second-order valence-corrected chi connectivity index (χ2v) is 4.73. The van der Waals surface area contributed by atoms with Gasteiger partial charge in [-0.3, -0.25) is 0 Å². The molecule has 1 aliphatic heterocycles. The first kappa shape index (κ1) is 14.3. The van der Waals surface area contributed by atoms with Crippen LogP contribution in [-0.2, 0) is 4.79 Å². The summed E-state index contributed by atoms with van der Waals surface area (Å²) in [6, 6.07) is -1.99. The molecule has 0 bridgehead atoms. The number of aliphatic hydroxyl groups is 1. The molecule has 0 saturated carbocycles. The zero-order valence-electron chi connectivity index (χ0n) is 10.5. The molecule has 18 heavy (non-hydrogen) atoms. The van der Waals surface area contributed by atoms with E-state index in [1.165, 1.54) is 0 Å². The first-order valence-electron chi connectivity index (χ1n) is 5.81. The lowest BCUT2D eigenvalue weighted by molar-refractivity contribution is -0.141. The Morgan fingerprint density at radius 3 is 2.56 bits per heavy atom. The van der Waals surface area contributed by atoms with Gasteiger partial charge in [-0.05, 0) is 5.92 Å². The standard InChI is InChI=1S/C12H18N2O4/c1-4-9(7(2)3)13-12(18)14-6-8(15)5-10(14)11(16)17/h1,7-10,15H,5-6H2,2-3H3,(H,13,18)(H,16,17)/t8-,9?,10-/m0/s1. The maximum absolute atomic E-state index is 11.9. The number of carbonyl (C=O) groups excluding carboxylic acids is 1. The lowest BCUT2D eigenvalue weighted by Gasteiger charge is -2.25. The molecule has 1 saturated heterocycles. The number of nitrogens with one attached hydrogen (secondary N) is 1. The summed E-state index contributed by atoms with van der Waals surface area (Å²) in [4.78, 5) is 24.0. The van der Waals surface area contributed by atoms with E-state index in [0.717, 1.165) is 4.90 Å². The van der Waals surface area contributed by atoms with Crippen molar-refractivity contribution in [3.63, 3.8) is 0 Å². The molecule has 0 aromatic rings. The van der Waals surface area contributed by atoms with Crippen molar-refractivity contribution in [1.29, 1.82) is 0 Å². The van der Waals surface area contributed by atoms with Gasteiger partial charge in [-0.1, -0.05) is 19.8 Å². The molecule has 1 unspecified atom stereocenters. The van der Waals surface area contributed by atoms with Crippen LogP contribution in [0.15, 0.2) is 0 Å². The first-order chi connectivity index (χ1) is 8.36. The van der Waals surface area contributed by atoms with Crippen molar-refractivity contribution in [3.8, 4) is 12.3 Å². The van der Waals surface area contributed by atoms with E-state index in [1.807, 2.05) is 13.8 Å². The third-order valence-corrected chi connectivity index (χ3v) is 2.95. The Balaban J connectivity index is 2.71. The fourth-order valence-electron chi connectivity index (χ4n) is 1.89. The Hall–Kier alpha value is -1.74. The van der Waals surface area contributed by atoms with E-state index in [4.69, 9.17) is 11.5 Å². The van der Waals surface area contributed by atoms with Crippen LogP contribution >= 0.6 is 0 Å². The van der Waals surface area contributed by atoms with Crippen LogP contribution in [0.5, 0.6) is 0 Å². The fraction of sp³-hybridized carbons (Fsp3) is 0.667. The van der Waals surface area contributed by atoms with Gasteiger partial charge in [0.25, 0.3) is 0 Å². The highest BCUT2D eigenvalue weighted by Crippen LogP contribution is 2.18. The molecule has 1 fully saturated rings. The monoisotopic (exact) mass is 254 g/mol. The number of hydrogen-bond donors (Lipinski definition) is 3. The lowest BCUT2D eigenvalue weighted by Crippen LogP contribution is -2.50. The van der Waals surface area contributed by atoms with E-state index in [9.17, 15) is 14.7 Å². The number of urea groups is 1. The van der Waals surface area contributed by atoms with Gasteiger partial charge in [-0.25, -0.2) is 9.59 Å². The number of carboxylic acid groups (broad SMARTS) is 1. The summed E-state index contributed by atoms with van der Waals surface area (Å²) in [6.45, 7) is 3.73. The third kappa shape index (κ3) is 3.14. The van der Waals surface area contributed by atoms with E-state index in [0.29, 0.717) is 0 Å². The summed E-state index contributed by atoms with van der Waals surface area (Å²) in [7, 11) is 0. The van der Waals surface area contributed by atoms with Crippen molar-refractivity contribution in [2.45, 2.75) is 38.5 Å². The number of carboxylic acids is 1. The van der Waals surface area contributed by atoms with Gasteiger partial charge >= 0.3 is 12.0 Å². The predicted octanol–water partition coefficient (Wildman–Crippen LogP) is -0.126. The summed E-state index contributed by atoms with van der Waals surface area (Å²) < 4.78 is 0. The van der Waals surface area contributed by atoms with Gasteiger partial charge in [-0.2, -0.15) is 0 Å². The maximum Gasteiger partial charge on any atom is 0.326 e. The number of β-amino-alcohol motifs (C(OH)–C–C–N with tert-alkyl or cyclic N) is 1. The molecule has 6 heteroatoms. The Kier molecular flexibility index (Phi) is 4.56. The van der Waals surface area contributed by atoms with E-state index in [-0.39, 0.29) is 18.9 Å². The molecule has 100 valence electrons. The number of terminal acetylenes is 1. The normalized spacial score (nSPS) is 24.7. The zero-order chi connectivity index (χ0) is 13.9. The zero-order valence-corrected chi connectivity index (χ0v) is 10.5. The summed E-state index contributed by atoms with van der Waals surface area (Å²) in [5, 5.41) is 21.0. The highest BCUT2D eigenvalue weighted by Gasteiger charge is 2.39. The van der Waals surface area contributed by atoms with Gasteiger partial charge in [0.1, 0.15) is 6.04 Å². The molecule has 1 rings (SSSR count). The summed E-state index contributed by atoms with van der Waals surface area (Å²) >= 11 is 0. The molecule has 1 heterocycles. The maximum atomic E-state index is 11.9. The molecule has 2 amide bonds. The SMILES string of the molecule is C#CC(NC(=O)N1C[C@@H](O)C[C@H]1C(=O)O)C(C)C. The minimum atomic E-state index is -1.12. The average Bonchev–Trinajstić information content (AvgIpc) is 2.67. The Labute approximate surface area is 106 Å². The third-order valence-electron chi connectivity index (χ3n) is 2.95. The van der Waals surface area contributed by atoms with E-state index in [1.54, 1.807) is 0 Å². The van der Waals surface area contributed by atoms with E-state index in [2.05, 4.69) is 11.2 Å². The Bertz CT molecular complexity index is 375. The average molecular weight is 254 g/mol. The highest BCUT2D eigenvalue weighted by molar-refractivity contribution is 5.83. The van der Waals surface area contributed by atoms with Crippen LogP contribution in [-0.4, -0.2) is 51.8 Å². The van der Waals surface area contributed by atoms with Crippen molar-refractivity contribution >= 4 is 12.0 Å². The van der Waals surface area contributed by atoms with Crippen LogP contribution in [0, 0.1) is 18.3 Å². The van der Waals surface area contributed by atoms with Crippen LogP contribution in [0.25, 0.3) is 0 Å². The topological polar surface area (TPSA) is 89.9 Å². The van der Waals surface area contributed by atoms with Gasteiger partial charge in [0, 0.05) is 13.0 Å². The van der Waals surface area contributed by atoms with Crippen molar-refractivity contribution in [2.75, 3.05) is 6.54 Å². The van der Waals surface area contributed by atoms with Crippen LogP contribution < -0.4 is 5.32 Å². The molecule has 0 radical (unpaired) electrons. The highest BCUT2D eigenvalue weighted by atomic mass is 16.4. The number of nitrogens with zero attached hydrogens (tertiary/aromatic N) is 1. The van der Waals surface area contributed by atoms with E-state index < -0.39 is 30.2 Å². The van der Waals surface area contributed by atoms with Crippen molar-refractivity contribution in [1.82, 2.24) is 10.2 Å². The molecule has 6 nitrogen and oxygen atoms in total. The summed E-state index contributed by atoms with van der Waals surface area (Å²) in [5.41, 5.74) is 0. The number of likely N-dealkylation sites (tertiary alicyclic amines) is 1. The van der Waals surface area contributed by atoms with E-state index >= 15 is 0 Å². The van der Waals surface area contributed by atoms with Crippen LogP contribution in [0.3, 0.4) is 0 Å². The first-order valence-corrected chi connectivity index (χ1v) is 5.81. The van der Waals surface area contributed by atoms with Crippen LogP contribution in [0.1, 0.15) is 20.3 Å². The number of rotatable bonds is 3. The molecule has 0 aromatic heterocycles. The molecular weight excluding hydrogens is 236 g/mol. The predicted molar refractivity (Wildman–Crippen MR) is 64.7 cm³/mol. The molecule has 0 spiro atoms. The van der Waals surface area contributed by atoms with Crippen molar-refractivity contribution in [2.24, 2.45) is 5.92 Å². The van der Waals surface area contributed by atoms with Gasteiger partial charge in [0.05, 0.1) is 12.1 Å². The van der Waals surface area contributed by atoms with Crippen molar-refractivity contribution in [3.05, 3.63) is 0 Å². The molecular formula is C12H18N2O4. The Morgan fingerprint density at radius 1 is 1.50 bits per heavy atom. The molecule has 0 aliphatic carbocycles. The van der Waals surface area contributed by atoms with Crippen LogP contribution in [0.4, 0.5) is 4.79 Å². The summed E-state index contributed by atoms with van der Waals surface area (Å²) in [5.74, 6) is 1.37. The smallest absolute Gasteiger partial charge is 0.326 e. The molecule has 1 aliphatic rings. The molecule has 3 N–H and O–H groups in total. The fourth-order valence-corrected chi connectivity index (χ4v) is 1.89. The lowest BCUT2D eigenvalue weighted by atomic mass is 10.1. The van der Waals surface area contributed by atoms with Crippen molar-refractivity contribution < 1.29 is 19.8 Å². The quantitative estimate of drug-likeness (QED) is 0.612. The van der Waals surface area contributed by atoms with Gasteiger partial charge in [0.15, 0.2) is 0 Å². The minimum absolute atomic E-state index is 0.0121. The largest absolute Gasteiger partial charge is 0.480 e. The number of hydrogen-bond acceptors (Lipinski definition) is 3. The summed E-state index contributed by atoms with van der Waals surface area (Å²) in [6.07, 6.45) is 4.53. The van der Waals surface area contributed by atoms with Crippen LogP contribution in [0.2, 0.25) is 0 Å². The number of aliphatic carboxylic acids is 1. The van der Waals surface area contributed by atoms with Gasteiger partial charge < -0.3 is 20.4 Å². The molecule has 0 aromatic carbocycles. The van der Waals surface area contributed by atoms with Gasteiger partial charge in [0.2, 0.25) is 0 Å². The molecule has 3 atom stereocenters. The second-order valence-electron chi connectivity index (χ2n) is 4.73. The Morgan fingerprint density at radius 2 is 2.11 bits per heavy atom. The minimum Gasteiger partial charge on any atom is -0.480 e.